The van der Waals surface area contributed by atoms with E-state index in [1.807, 2.05) is 60.8 Å². The maximum Gasteiger partial charge on any atom is 0.161 e. The van der Waals surface area contributed by atoms with Crippen molar-refractivity contribution in [2.45, 2.75) is 20.5 Å². The minimum absolute atomic E-state index is 0.507. The number of rotatable bonds is 6. The van der Waals surface area contributed by atoms with E-state index < -0.39 is 0 Å². The van der Waals surface area contributed by atoms with Crippen LogP contribution in [0.4, 0.5) is 5.69 Å². The predicted molar refractivity (Wildman–Crippen MR) is 107 cm³/mol. The van der Waals surface area contributed by atoms with Crippen LogP contribution in [0.5, 0.6) is 11.5 Å². The maximum absolute atomic E-state index is 5.89. The molecule has 26 heavy (non-hydrogen) atoms. The van der Waals surface area contributed by atoms with Gasteiger partial charge in [-0.3, -0.25) is 4.99 Å². The van der Waals surface area contributed by atoms with Gasteiger partial charge in [0, 0.05) is 6.21 Å². The second-order valence-corrected chi connectivity index (χ2v) is 6.23. The van der Waals surface area contributed by atoms with Crippen molar-refractivity contribution in [3.8, 4) is 11.5 Å². The first-order valence-electron chi connectivity index (χ1n) is 8.62. The number of aliphatic imine (C=N–C) groups is 1. The topological polar surface area (TPSA) is 30.8 Å². The highest BCUT2D eigenvalue weighted by Crippen LogP contribution is 2.29. The fraction of sp³-hybridized carbons (Fsp3) is 0.174. The molecule has 3 heteroatoms. The van der Waals surface area contributed by atoms with E-state index in [1.54, 1.807) is 7.11 Å². The molecule has 0 fully saturated rings. The molecule has 132 valence electrons. The summed E-state index contributed by atoms with van der Waals surface area (Å²) in [5.74, 6) is 1.42. The van der Waals surface area contributed by atoms with Crippen molar-refractivity contribution in [1.82, 2.24) is 0 Å². The minimum atomic E-state index is 0.507. The van der Waals surface area contributed by atoms with E-state index in [-0.39, 0.29) is 0 Å². The van der Waals surface area contributed by atoms with Gasteiger partial charge in [0.2, 0.25) is 0 Å². The molecule has 0 aliphatic carbocycles. The van der Waals surface area contributed by atoms with Gasteiger partial charge >= 0.3 is 0 Å². The van der Waals surface area contributed by atoms with E-state index in [0.29, 0.717) is 12.4 Å². The lowest BCUT2D eigenvalue weighted by atomic mass is 10.1. The molecule has 0 unspecified atom stereocenters. The summed E-state index contributed by atoms with van der Waals surface area (Å²) in [4.78, 5) is 4.59. The van der Waals surface area contributed by atoms with Crippen LogP contribution >= 0.6 is 0 Å². The summed E-state index contributed by atoms with van der Waals surface area (Å²) in [5, 5.41) is 0. The summed E-state index contributed by atoms with van der Waals surface area (Å²) in [6.07, 6.45) is 1.85. The third kappa shape index (κ3) is 4.51. The Hall–Kier alpha value is -3.07. The Labute approximate surface area is 154 Å². The highest BCUT2D eigenvalue weighted by atomic mass is 16.5. The van der Waals surface area contributed by atoms with Crippen LogP contribution < -0.4 is 9.47 Å². The Kier molecular flexibility index (Phi) is 5.69. The van der Waals surface area contributed by atoms with Crippen molar-refractivity contribution < 1.29 is 9.47 Å². The van der Waals surface area contributed by atoms with E-state index in [0.717, 1.165) is 28.1 Å². The Morgan fingerprint density at radius 3 is 2.42 bits per heavy atom. The van der Waals surface area contributed by atoms with Crippen LogP contribution in [0.2, 0.25) is 0 Å². The number of hydrogen-bond acceptors (Lipinski definition) is 3. The summed E-state index contributed by atoms with van der Waals surface area (Å²) in [6, 6.07) is 22.2. The van der Waals surface area contributed by atoms with Crippen molar-refractivity contribution in [2.75, 3.05) is 7.11 Å². The molecule has 3 aromatic carbocycles. The normalized spacial score (nSPS) is 10.9. The summed E-state index contributed by atoms with van der Waals surface area (Å²) in [5.41, 5.74) is 5.46. The van der Waals surface area contributed by atoms with Crippen LogP contribution in [-0.2, 0) is 6.61 Å². The molecule has 0 heterocycles. The lowest BCUT2D eigenvalue weighted by Crippen LogP contribution is -1.98. The van der Waals surface area contributed by atoms with Gasteiger partial charge in [-0.15, -0.1) is 0 Å². The standard InChI is InChI=1S/C23H23NO2/c1-17-9-11-21(18(2)13-17)24-15-20-10-12-22(23(14-20)25-3)26-16-19-7-5-4-6-8-19/h4-15H,16H2,1-3H3. The first-order valence-corrected chi connectivity index (χ1v) is 8.62. The number of nitrogens with zero attached hydrogens (tertiary/aromatic N) is 1. The molecule has 0 spiro atoms. The average molecular weight is 345 g/mol. The van der Waals surface area contributed by atoms with Gasteiger partial charge in [-0.2, -0.15) is 0 Å². The quantitative estimate of drug-likeness (QED) is 0.541. The van der Waals surface area contributed by atoms with E-state index in [9.17, 15) is 0 Å². The average Bonchev–Trinajstić information content (AvgIpc) is 2.67. The molecule has 0 bridgehead atoms. The number of methoxy groups -OCH3 is 1. The van der Waals surface area contributed by atoms with Crippen LogP contribution in [-0.4, -0.2) is 13.3 Å². The van der Waals surface area contributed by atoms with Crippen LogP contribution in [0.1, 0.15) is 22.3 Å². The molecular formula is C23H23NO2. The van der Waals surface area contributed by atoms with Gasteiger partial charge in [0.25, 0.3) is 0 Å². The third-order valence-corrected chi connectivity index (χ3v) is 4.13. The molecule has 0 aliphatic rings. The monoisotopic (exact) mass is 345 g/mol. The van der Waals surface area contributed by atoms with E-state index in [1.165, 1.54) is 5.56 Å². The summed E-state index contributed by atoms with van der Waals surface area (Å²) in [6.45, 7) is 4.66. The van der Waals surface area contributed by atoms with Crippen molar-refractivity contribution in [2.24, 2.45) is 4.99 Å². The van der Waals surface area contributed by atoms with E-state index in [4.69, 9.17) is 9.47 Å². The van der Waals surface area contributed by atoms with Gasteiger partial charge in [-0.05, 0) is 54.8 Å². The first kappa shape index (κ1) is 17.7. The Morgan fingerprint density at radius 1 is 0.885 bits per heavy atom. The molecule has 3 nitrogen and oxygen atoms in total. The molecule has 0 aliphatic heterocycles. The van der Waals surface area contributed by atoms with Crippen molar-refractivity contribution in [3.63, 3.8) is 0 Å². The fourth-order valence-corrected chi connectivity index (χ4v) is 2.71. The zero-order valence-electron chi connectivity index (χ0n) is 15.4. The number of benzene rings is 3. The van der Waals surface area contributed by atoms with Crippen LogP contribution in [0.15, 0.2) is 71.7 Å². The highest BCUT2D eigenvalue weighted by molar-refractivity contribution is 5.83. The van der Waals surface area contributed by atoms with Crippen molar-refractivity contribution in [1.29, 1.82) is 0 Å². The second-order valence-electron chi connectivity index (χ2n) is 6.23. The Morgan fingerprint density at radius 2 is 1.69 bits per heavy atom. The largest absolute Gasteiger partial charge is 0.493 e. The van der Waals surface area contributed by atoms with Crippen LogP contribution in [0, 0.1) is 13.8 Å². The van der Waals surface area contributed by atoms with E-state index in [2.05, 4.69) is 31.0 Å². The molecule has 0 aromatic heterocycles. The molecule has 0 atom stereocenters. The molecule has 0 saturated heterocycles. The van der Waals surface area contributed by atoms with Crippen LogP contribution in [0.25, 0.3) is 0 Å². The maximum atomic E-state index is 5.89. The third-order valence-electron chi connectivity index (χ3n) is 4.13. The number of aryl methyl sites for hydroxylation is 2. The van der Waals surface area contributed by atoms with Gasteiger partial charge in [0.05, 0.1) is 12.8 Å². The lowest BCUT2D eigenvalue weighted by Gasteiger charge is -2.11. The molecular weight excluding hydrogens is 322 g/mol. The zero-order valence-corrected chi connectivity index (χ0v) is 15.4. The molecule has 0 N–H and O–H groups in total. The lowest BCUT2D eigenvalue weighted by molar-refractivity contribution is 0.284. The molecule has 3 aromatic rings. The van der Waals surface area contributed by atoms with Crippen molar-refractivity contribution in [3.05, 3.63) is 89.0 Å². The van der Waals surface area contributed by atoms with Crippen LogP contribution in [0.3, 0.4) is 0 Å². The SMILES string of the molecule is COc1cc(C=Nc2ccc(C)cc2C)ccc1OCc1ccccc1. The number of hydrogen-bond donors (Lipinski definition) is 0. The van der Waals surface area contributed by atoms with Crippen molar-refractivity contribution >= 4 is 11.9 Å². The van der Waals surface area contributed by atoms with Gasteiger partial charge in [-0.1, -0.05) is 48.0 Å². The highest BCUT2D eigenvalue weighted by Gasteiger charge is 2.06. The smallest absolute Gasteiger partial charge is 0.161 e. The first-order chi connectivity index (χ1) is 12.7. The van der Waals surface area contributed by atoms with Gasteiger partial charge < -0.3 is 9.47 Å². The molecule has 0 saturated carbocycles. The van der Waals surface area contributed by atoms with Gasteiger partial charge in [0.1, 0.15) is 6.61 Å². The number of ether oxygens (including phenoxy) is 2. The minimum Gasteiger partial charge on any atom is -0.493 e. The predicted octanol–water partition coefficient (Wildman–Crippen LogP) is 5.64. The summed E-state index contributed by atoms with van der Waals surface area (Å²) < 4.78 is 11.4. The molecule has 3 rings (SSSR count). The Bertz CT molecular complexity index is 901. The Balaban J connectivity index is 1.74. The molecule has 0 amide bonds. The summed E-state index contributed by atoms with van der Waals surface area (Å²) >= 11 is 0. The fourth-order valence-electron chi connectivity index (χ4n) is 2.71. The van der Waals surface area contributed by atoms with E-state index >= 15 is 0 Å². The van der Waals surface area contributed by atoms with Gasteiger partial charge in [0.15, 0.2) is 11.5 Å². The zero-order chi connectivity index (χ0) is 18.4. The van der Waals surface area contributed by atoms with Gasteiger partial charge in [-0.25, -0.2) is 0 Å². The molecule has 0 radical (unpaired) electrons. The second kappa shape index (κ2) is 8.34. The summed E-state index contributed by atoms with van der Waals surface area (Å²) in [7, 11) is 1.65.